The zero-order chi connectivity index (χ0) is 20.3. The summed E-state index contributed by atoms with van der Waals surface area (Å²) in [6.07, 6.45) is 0. The van der Waals surface area contributed by atoms with Gasteiger partial charge in [0.05, 0.1) is 13.7 Å². The molecule has 3 rings (SSSR count). The van der Waals surface area contributed by atoms with E-state index in [1.807, 2.05) is 48.5 Å². The summed E-state index contributed by atoms with van der Waals surface area (Å²) in [4.78, 5) is 18.6. The van der Waals surface area contributed by atoms with Gasteiger partial charge in [0.2, 0.25) is 11.7 Å². The Hall–Kier alpha value is -3.15. The van der Waals surface area contributed by atoms with Crippen LogP contribution in [-0.2, 0) is 12.0 Å². The lowest BCUT2D eigenvalue weighted by Crippen LogP contribution is -2.26. The summed E-state index contributed by atoms with van der Waals surface area (Å²) in [5, 5.41) is 4.00. The normalized spacial score (nSPS) is 11.3. The Balaban J connectivity index is 1.68. The Labute approximate surface area is 165 Å². The largest absolute Gasteiger partial charge is 0.497 e. The van der Waals surface area contributed by atoms with E-state index in [1.165, 1.54) is 5.56 Å². The van der Waals surface area contributed by atoms with E-state index in [9.17, 15) is 4.79 Å². The van der Waals surface area contributed by atoms with Crippen molar-refractivity contribution >= 4 is 5.91 Å². The number of aromatic nitrogens is 2. The van der Waals surface area contributed by atoms with E-state index >= 15 is 0 Å². The molecule has 2 aromatic carbocycles. The predicted octanol–water partition coefficient (Wildman–Crippen LogP) is 4.31. The number of benzene rings is 2. The Morgan fingerprint density at radius 2 is 1.71 bits per heavy atom. The van der Waals surface area contributed by atoms with Gasteiger partial charge in [-0.25, -0.2) is 0 Å². The van der Waals surface area contributed by atoms with Crippen LogP contribution >= 0.6 is 0 Å². The fourth-order valence-electron chi connectivity index (χ4n) is 2.78. The van der Waals surface area contributed by atoms with Gasteiger partial charge < -0.3 is 14.2 Å². The predicted molar refractivity (Wildman–Crippen MR) is 107 cm³/mol. The highest BCUT2D eigenvalue weighted by Crippen LogP contribution is 2.23. The number of ether oxygens (including phenoxy) is 1. The van der Waals surface area contributed by atoms with Crippen molar-refractivity contribution < 1.29 is 14.1 Å². The van der Waals surface area contributed by atoms with E-state index in [-0.39, 0.29) is 17.9 Å². The quantitative estimate of drug-likeness (QED) is 0.660. The summed E-state index contributed by atoms with van der Waals surface area (Å²) in [7, 11) is 3.34. The van der Waals surface area contributed by atoms with E-state index in [0.29, 0.717) is 17.3 Å². The molecule has 0 aliphatic carbocycles. The molecule has 3 aromatic rings. The van der Waals surface area contributed by atoms with Crippen LogP contribution in [0.2, 0.25) is 0 Å². The third-order valence-corrected chi connectivity index (χ3v) is 4.53. The van der Waals surface area contributed by atoms with Gasteiger partial charge in [-0.05, 0) is 47.4 Å². The maximum atomic E-state index is 12.7. The SMILES string of the molecule is COc1ccc(-c2noc(CN(C)C(=O)c3ccc(C(C)(C)C)cc3)n2)cc1. The maximum Gasteiger partial charge on any atom is 0.254 e. The van der Waals surface area contributed by atoms with Crippen molar-refractivity contribution in [1.29, 1.82) is 0 Å². The van der Waals surface area contributed by atoms with Crippen molar-refractivity contribution in [2.75, 3.05) is 14.2 Å². The lowest BCUT2D eigenvalue weighted by Gasteiger charge is -2.20. The molecular formula is C22H25N3O3. The first-order valence-corrected chi connectivity index (χ1v) is 9.11. The van der Waals surface area contributed by atoms with Gasteiger partial charge in [-0.15, -0.1) is 0 Å². The second kappa shape index (κ2) is 7.84. The first-order chi connectivity index (χ1) is 13.3. The van der Waals surface area contributed by atoms with E-state index in [4.69, 9.17) is 9.26 Å². The highest BCUT2D eigenvalue weighted by molar-refractivity contribution is 5.94. The maximum absolute atomic E-state index is 12.7. The molecule has 0 spiro atoms. The standard InChI is InChI=1S/C22H25N3O3/c1-22(2,3)17-10-6-16(7-11-17)21(26)25(4)14-19-23-20(24-28-19)15-8-12-18(27-5)13-9-15/h6-13H,14H2,1-5H3. The zero-order valence-electron chi connectivity index (χ0n) is 16.9. The number of amides is 1. The molecule has 1 amide bonds. The molecule has 0 bridgehead atoms. The minimum absolute atomic E-state index is 0.0507. The van der Waals surface area contributed by atoms with Gasteiger partial charge >= 0.3 is 0 Å². The van der Waals surface area contributed by atoms with Crippen molar-refractivity contribution in [3.05, 3.63) is 65.5 Å². The minimum Gasteiger partial charge on any atom is -0.497 e. The lowest BCUT2D eigenvalue weighted by molar-refractivity contribution is 0.0769. The number of nitrogens with zero attached hydrogens (tertiary/aromatic N) is 3. The zero-order valence-corrected chi connectivity index (χ0v) is 16.9. The van der Waals surface area contributed by atoms with Crippen LogP contribution < -0.4 is 4.74 Å². The van der Waals surface area contributed by atoms with Crippen LogP contribution in [0, 0.1) is 0 Å². The van der Waals surface area contributed by atoms with Crippen LogP contribution in [0.15, 0.2) is 53.1 Å². The van der Waals surface area contributed by atoms with Crippen molar-refractivity contribution in [3.63, 3.8) is 0 Å². The molecule has 28 heavy (non-hydrogen) atoms. The molecule has 0 unspecified atom stereocenters. The van der Waals surface area contributed by atoms with Crippen LogP contribution in [0.4, 0.5) is 0 Å². The third kappa shape index (κ3) is 4.39. The van der Waals surface area contributed by atoms with Crippen molar-refractivity contribution in [2.45, 2.75) is 32.7 Å². The molecule has 146 valence electrons. The first-order valence-electron chi connectivity index (χ1n) is 9.11. The minimum atomic E-state index is -0.0929. The summed E-state index contributed by atoms with van der Waals surface area (Å²) in [5.74, 6) is 1.53. The molecule has 1 aromatic heterocycles. The average Bonchev–Trinajstić information content (AvgIpc) is 3.15. The molecule has 0 saturated heterocycles. The van der Waals surface area contributed by atoms with Crippen LogP contribution in [0.1, 0.15) is 42.6 Å². The van der Waals surface area contributed by atoms with Gasteiger partial charge in [-0.1, -0.05) is 38.1 Å². The van der Waals surface area contributed by atoms with Crippen LogP contribution in [0.3, 0.4) is 0 Å². The van der Waals surface area contributed by atoms with Gasteiger partial charge in [0, 0.05) is 18.2 Å². The smallest absolute Gasteiger partial charge is 0.254 e. The number of rotatable bonds is 5. The molecule has 0 saturated carbocycles. The van der Waals surface area contributed by atoms with E-state index in [1.54, 1.807) is 19.1 Å². The number of carbonyl (C=O) groups is 1. The van der Waals surface area contributed by atoms with E-state index < -0.39 is 0 Å². The van der Waals surface area contributed by atoms with Crippen LogP contribution in [-0.4, -0.2) is 35.1 Å². The average molecular weight is 379 g/mol. The summed E-state index contributed by atoms with van der Waals surface area (Å²) < 4.78 is 10.5. The van der Waals surface area contributed by atoms with Gasteiger partial charge in [-0.3, -0.25) is 4.79 Å². The monoisotopic (exact) mass is 379 g/mol. The second-order valence-corrected chi connectivity index (χ2v) is 7.73. The van der Waals surface area contributed by atoms with Gasteiger partial charge in [0.1, 0.15) is 5.75 Å². The molecule has 1 heterocycles. The molecular weight excluding hydrogens is 354 g/mol. The number of hydrogen-bond acceptors (Lipinski definition) is 5. The molecule has 0 aliphatic rings. The Morgan fingerprint density at radius 3 is 2.29 bits per heavy atom. The van der Waals surface area contributed by atoms with Crippen LogP contribution in [0.5, 0.6) is 5.75 Å². The molecule has 0 N–H and O–H groups in total. The summed E-state index contributed by atoms with van der Waals surface area (Å²) in [6, 6.07) is 15.1. The number of carbonyl (C=O) groups excluding carboxylic acids is 1. The summed E-state index contributed by atoms with van der Waals surface area (Å²) >= 11 is 0. The molecule has 0 aliphatic heterocycles. The number of methoxy groups -OCH3 is 1. The lowest BCUT2D eigenvalue weighted by atomic mass is 9.86. The fraction of sp³-hybridized carbons (Fsp3) is 0.318. The molecule has 6 heteroatoms. The topological polar surface area (TPSA) is 68.5 Å². The van der Waals surface area contributed by atoms with Crippen molar-refractivity contribution in [3.8, 4) is 17.1 Å². The Morgan fingerprint density at radius 1 is 1.07 bits per heavy atom. The van der Waals surface area contributed by atoms with Gasteiger partial charge in [-0.2, -0.15) is 4.98 Å². The van der Waals surface area contributed by atoms with Crippen molar-refractivity contribution in [2.24, 2.45) is 0 Å². The van der Waals surface area contributed by atoms with Crippen molar-refractivity contribution in [1.82, 2.24) is 15.0 Å². The van der Waals surface area contributed by atoms with Gasteiger partial charge in [0.25, 0.3) is 5.91 Å². The Bertz CT molecular complexity index is 938. The van der Waals surface area contributed by atoms with Crippen LogP contribution in [0.25, 0.3) is 11.4 Å². The van der Waals surface area contributed by atoms with E-state index in [0.717, 1.165) is 11.3 Å². The second-order valence-electron chi connectivity index (χ2n) is 7.73. The van der Waals surface area contributed by atoms with E-state index in [2.05, 4.69) is 30.9 Å². The molecule has 0 radical (unpaired) electrons. The molecule has 0 atom stereocenters. The highest BCUT2D eigenvalue weighted by atomic mass is 16.5. The number of hydrogen-bond donors (Lipinski definition) is 0. The first kappa shape index (κ1) is 19.6. The third-order valence-electron chi connectivity index (χ3n) is 4.53. The fourth-order valence-corrected chi connectivity index (χ4v) is 2.78. The Kier molecular flexibility index (Phi) is 5.49. The summed E-state index contributed by atoms with van der Waals surface area (Å²) in [6.45, 7) is 6.67. The molecule has 6 nitrogen and oxygen atoms in total. The highest BCUT2D eigenvalue weighted by Gasteiger charge is 2.18. The van der Waals surface area contributed by atoms with Gasteiger partial charge in [0.15, 0.2) is 0 Å². The summed E-state index contributed by atoms with van der Waals surface area (Å²) in [5.41, 5.74) is 2.69. The molecule has 0 fully saturated rings.